The summed E-state index contributed by atoms with van der Waals surface area (Å²) >= 11 is 0. The third-order valence-electron chi connectivity index (χ3n) is 4.46. The zero-order valence-electron chi connectivity index (χ0n) is 17.2. The molecule has 0 heterocycles. The lowest BCUT2D eigenvalue weighted by Crippen LogP contribution is -2.39. The third-order valence-corrected chi connectivity index (χ3v) is 4.46. The van der Waals surface area contributed by atoms with Crippen molar-refractivity contribution >= 4 is 34.9 Å². The molecule has 2 aromatic rings. The number of hydrazine groups is 1. The molecule has 0 fully saturated rings. The van der Waals surface area contributed by atoms with Crippen LogP contribution in [0.4, 0.5) is 11.4 Å². The number of nitrogen functional groups attached to an aromatic ring is 1. The highest BCUT2D eigenvalue weighted by atomic mass is 16.3. The summed E-state index contributed by atoms with van der Waals surface area (Å²) in [6.45, 7) is -0.401. The molecule has 0 saturated carbocycles. The van der Waals surface area contributed by atoms with Crippen LogP contribution in [0.25, 0.3) is 0 Å². The van der Waals surface area contributed by atoms with Crippen molar-refractivity contribution in [2.75, 3.05) is 23.4 Å². The van der Waals surface area contributed by atoms with Gasteiger partial charge in [0.25, 0.3) is 5.91 Å². The van der Waals surface area contributed by atoms with E-state index < -0.39 is 24.3 Å². The summed E-state index contributed by atoms with van der Waals surface area (Å²) in [5.41, 5.74) is 9.46. The molecule has 2 aromatic carbocycles. The van der Waals surface area contributed by atoms with E-state index in [0.29, 0.717) is 22.5 Å². The highest BCUT2D eigenvalue weighted by molar-refractivity contribution is 6.03. The van der Waals surface area contributed by atoms with Gasteiger partial charge in [0.1, 0.15) is 11.9 Å². The van der Waals surface area contributed by atoms with Crippen molar-refractivity contribution in [1.82, 2.24) is 5.43 Å². The van der Waals surface area contributed by atoms with Crippen LogP contribution in [-0.4, -0.2) is 53.0 Å². The summed E-state index contributed by atoms with van der Waals surface area (Å²) in [6.07, 6.45) is -2.15. The molecule has 0 aromatic heterocycles. The zero-order valence-corrected chi connectivity index (χ0v) is 17.2. The lowest BCUT2D eigenvalue weighted by molar-refractivity contribution is -0.129. The summed E-state index contributed by atoms with van der Waals surface area (Å²) in [6, 6.07) is 12.6. The number of aliphatic hydroxyl groups excluding tert-OH is 2. The zero-order chi connectivity index (χ0) is 23.7. The van der Waals surface area contributed by atoms with E-state index >= 15 is 0 Å². The van der Waals surface area contributed by atoms with Gasteiger partial charge in [-0.05, 0) is 36.4 Å². The number of amidine groups is 2. The number of hydrogen-bond donors (Lipinski definition) is 8. The fourth-order valence-corrected chi connectivity index (χ4v) is 2.84. The number of amides is 2. The van der Waals surface area contributed by atoms with Crippen molar-refractivity contribution in [2.45, 2.75) is 12.5 Å². The fourth-order valence-electron chi connectivity index (χ4n) is 2.84. The lowest BCUT2D eigenvalue weighted by atomic mass is 10.1. The largest absolute Gasteiger partial charge is 0.395 e. The number of nitrogens with zero attached hydrogens (tertiary/aromatic N) is 2. The van der Waals surface area contributed by atoms with Crippen molar-refractivity contribution in [1.29, 1.82) is 5.41 Å². The van der Waals surface area contributed by atoms with Crippen molar-refractivity contribution < 1.29 is 19.8 Å². The van der Waals surface area contributed by atoms with Gasteiger partial charge in [0, 0.05) is 29.0 Å². The Balaban J connectivity index is 2.10. The first-order valence-corrected chi connectivity index (χ1v) is 9.50. The van der Waals surface area contributed by atoms with Crippen LogP contribution in [0, 0.1) is 5.41 Å². The topological polar surface area (TPSA) is 216 Å². The molecule has 0 aliphatic heterocycles. The predicted molar refractivity (Wildman–Crippen MR) is 121 cm³/mol. The van der Waals surface area contributed by atoms with E-state index in [1.807, 2.05) is 0 Å². The first kappa shape index (κ1) is 24.3. The maximum Gasteiger partial charge on any atom is 0.253 e. The molecule has 0 radical (unpaired) electrons. The maximum atomic E-state index is 12.8. The van der Waals surface area contributed by atoms with Gasteiger partial charge >= 0.3 is 0 Å². The van der Waals surface area contributed by atoms with Gasteiger partial charge in [-0.2, -0.15) is 5.10 Å². The molecule has 1 unspecified atom stereocenters. The van der Waals surface area contributed by atoms with Crippen LogP contribution in [0.3, 0.4) is 0 Å². The monoisotopic (exact) mass is 442 g/mol. The second-order valence-electron chi connectivity index (χ2n) is 6.64. The quantitative estimate of drug-likeness (QED) is 0.101. The Bertz CT molecular complexity index is 993. The Morgan fingerprint density at radius 3 is 2.41 bits per heavy atom. The molecule has 0 saturated heterocycles. The SMILES string of the molecule is N=C(N)c1ccc(NC(=O)C(O)CC(=O)N(CCO)c2cccc(/C(=N\N)NN)c2)cc1. The summed E-state index contributed by atoms with van der Waals surface area (Å²) in [4.78, 5) is 26.3. The van der Waals surface area contributed by atoms with Crippen molar-refractivity contribution in [3.63, 3.8) is 0 Å². The predicted octanol–water partition coefficient (Wildman–Crippen LogP) is -1.23. The van der Waals surface area contributed by atoms with Crippen molar-refractivity contribution in [3.8, 4) is 0 Å². The van der Waals surface area contributed by atoms with Crippen LogP contribution in [-0.2, 0) is 9.59 Å². The van der Waals surface area contributed by atoms with Crippen molar-refractivity contribution in [3.05, 3.63) is 59.7 Å². The Labute approximate surface area is 184 Å². The van der Waals surface area contributed by atoms with Gasteiger partial charge in [-0.3, -0.25) is 15.0 Å². The second-order valence-corrected chi connectivity index (χ2v) is 6.64. The highest BCUT2D eigenvalue weighted by Gasteiger charge is 2.24. The van der Waals surface area contributed by atoms with E-state index in [4.69, 9.17) is 22.8 Å². The van der Waals surface area contributed by atoms with Gasteiger partial charge in [-0.1, -0.05) is 12.1 Å². The summed E-state index contributed by atoms with van der Waals surface area (Å²) in [5, 5.41) is 33.0. The molecule has 1 atom stereocenters. The van der Waals surface area contributed by atoms with Crippen LogP contribution in [0.5, 0.6) is 0 Å². The van der Waals surface area contributed by atoms with E-state index in [9.17, 15) is 19.8 Å². The minimum atomic E-state index is -1.63. The number of benzene rings is 2. The molecule has 32 heavy (non-hydrogen) atoms. The Morgan fingerprint density at radius 2 is 1.84 bits per heavy atom. The number of rotatable bonds is 9. The normalized spacial score (nSPS) is 12.0. The van der Waals surface area contributed by atoms with E-state index in [1.165, 1.54) is 17.0 Å². The fraction of sp³-hybridized carbons (Fsp3) is 0.200. The number of nitrogens with one attached hydrogen (secondary N) is 3. The Hall–Kier alpha value is -4.00. The van der Waals surface area contributed by atoms with Crippen LogP contribution in [0.15, 0.2) is 53.6 Å². The molecule has 0 spiro atoms. The molecule has 2 rings (SSSR count). The second kappa shape index (κ2) is 11.4. The molecule has 11 N–H and O–H groups in total. The molecular weight excluding hydrogens is 416 g/mol. The standard InChI is InChI=1S/C20H26N8O4/c21-18(22)12-4-6-14(7-5-12)25-20(32)16(30)11-17(31)28(8-9-29)15-3-1-2-13(10-15)19(26-23)27-24/h1-7,10,16,29-30H,8-9,11,23-24H2,(H3,21,22)(H,25,32)(H,26,27). The minimum Gasteiger partial charge on any atom is -0.395 e. The maximum absolute atomic E-state index is 12.8. The van der Waals surface area contributed by atoms with Gasteiger partial charge in [0.2, 0.25) is 5.91 Å². The average molecular weight is 442 g/mol. The van der Waals surface area contributed by atoms with Gasteiger partial charge in [0.15, 0.2) is 5.84 Å². The van der Waals surface area contributed by atoms with Crippen LogP contribution in [0.1, 0.15) is 17.5 Å². The molecule has 0 bridgehead atoms. The summed E-state index contributed by atoms with van der Waals surface area (Å²) in [7, 11) is 0. The first-order chi connectivity index (χ1) is 15.3. The number of aliphatic hydroxyl groups is 2. The summed E-state index contributed by atoms with van der Waals surface area (Å²) in [5.74, 6) is 9.34. The van der Waals surface area contributed by atoms with Crippen molar-refractivity contribution in [2.24, 2.45) is 22.5 Å². The van der Waals surface area contributed by atoms with E-state index in [2.05, 4.69) is 15.8 Å². The smallest absolute Gasteiger partial charge is 0.253 e. The Kier molecular flexibility index (Phi) is 8.65. The minimum absolute atomic E-state index is 0.0612. The molecular formula is C20H26N8O4. The summed E-state index contributed by atoms with van der Waals surface area (Å²) < 4.78 is 0. The molecule has 0 aliphatic carbocycles. The van der Waals surface area contributed by atoms with Gasteiger partial charge in [0.05, 0.1) is 13.0 Å². The van der Waals surface area contributed by atoms with Crippen LogP contribution in [0.2, 0.25) is 0 Å². The number of hydrazone groups is 1. The van der Waals surface area contributed by atoms with E-state index in [-0.39, 0.29) is 24.8 Å². The Morgan fingerprint density at radius 1 is 1.16 bits per heavy atom. The average Bonchev–Trinajstić information content (AvgIpc) is 2.78. The number of hydrogen-bond acceptors (Lipinski definition) is 8. The van der Waals surface area contributed by atoms with Gasteiger partial charge in [-0.15, -0.1) is 0 Å². The molecule has 2 amide bonds. The third kappa shape index (κ3) is 6.25. The van der Waals surface area contributed by atoms with Crippen LogP contribution >= 0.6 is 0 Å². The first-order valence-electron chi connectivity index (χ1n) is 9.50. The van der Waals surface area contributed by atoms with Crippen LogP contribution < -0.4 is 33.1 Å². The van der Waals surface area contributed by atoms with Gasteiger partial charge in [-0.25, -0.2) is 5.84 Å². The van der Waals surface area contributed by atoms with Gasteiger partial charge < -0.3 is 37.4 Å². The number of carbonyl (C=O) groups excluding carboxylic acids is 2. The highest BCUT2D eigenvalue weighted by Crippen LogP contribution is 2.18. The number of nitrogens with two attached hydrogens (primary N) is 3. The molecule has 0 aliphatic rings. The lowest BCUT2D eigenvalue weighted by Gasteiger charge is -2.24. The number of anilines is 2. The molecule has 12 nitrogen and oxygen atoms in total. The molecule has 12 heteroatoms. The van der Waals surface area contributed by atoms with E-state index in [1.54, 1.807) is 36.4 Å². The number of carbonyl (C=O) groups is 2. The van der Waals surface area contributed by atoms with E-state index in [0.717, 1.165) is 0 Å². The molecule has 170 valence electrons.